The van der Waals surface area contributed by atoms with E-state index >= 15 is 0 Å². The molecule has 1 aromatic rings. The Hall–Kier alpha value is -1.27. The average Bonchev–Trinajstić information content (AvgIpc) is 2.28. The highest BCUT2D eigenvalue weighted by Crippen LogP contribution is 2.12. The molecule has 0 saturated heterocycles. The molecule has 6 heteroatoms. The quantitative estimate of drug-likeness (QED) is 0.847. The van der Waals surface area contributed by atoms with Gasteiger partial charge in [-0.25, -0.2) is 12.8 Å². The largest absolute Gasteiger partial charge is 0.321 e. The molecule has 0 amide bonds. The first-order valence-corrected chi connectivity index (χ1v) is 7.96. The molecule has 0 fully saturated rings. The lowest BCUT2D eigenvalue weighted by molar-refractivity contribution is -0.119. The smallest absolute Gasteiger partial charge is 0.153 e. The number of aryl methyl sites for hydroxylation is 1. The van der Waals surface area contributed by atoms with Gasteiger partial charge >= 0.3 is 0 Å². The number of nitrogens with two attached hydrogens (primary N) is 1. The maximum absolute atomic E-state index is 12.9. The highest BCUT2D eigenvalue weighted by Gasteiger charge is 2.17. The van der Waals surface area contributed by atoms with Gasteiger partial charge in [0.05, 0.1) is 11.8 Å². The van der Waals surface area contributed by atoms with Gasteiger partial charge in [-0.3, -0.25) is 4.79 Å². The van der Waals surface area contributed by atoms with Crippen molar-refractivity contribution in [2.75, 3.05) is 12.0 Å². The molecule has 0 aromatic heterocycles. The molecule has 0 aliphatic heterocycles. The van der Waals surface area contributed by atoms with Crippen LogP contribution in [0.15, 0.2) is 18.2 Å². The highest BCUT2D eigenvalue weighted by atomic mass is 32.2. The molecule has 0 aliphatic carbocycles. The van der Waals surface area contributed by atoms with Crippen molar-refractivity contribution in [1.82, 2.24) is 0 Å². The van der Waals surface area contributed by atoms with Crippen LogP contribution in [0.4, 0.5) is 4.39 Å². The zero-order chi connectivity index (χ0) is 14.6. The molecule has 0 spiro atoms. The van der Waals surface area contributed by atoms with Gasteiger partial charge in [0, 0.05) is 12.7 Å². The monoisotopic (exact) mass is 287 g/mol. The minimum Gasteiger partial charge on any atom is -0.321 e. The van der Waals surface area contributed by atoms with Gasteiger partial charge in [0.2, 0.25) is 0 Å². The third-order valence-corrected chi connectivity index (χ3v) is 3.86. The maximum Gasteiger partial charge on any atom is 0.153 e. The van der Waals surface area contributed by atoms with Crippen LogP contribution in [0, 0.1) is 12.7 Å². The number of ketones is 1. The van der Waals surface area contributed by atoms with Crippen LogP contribution >= 0.6 is 0 Å². The number of halogens is 1. The van der Waals surface area contributed by atoms with E-state index in [0.29, 0.717) is 11.1 Å². The molecule has 1 rings (SSSR count). The first-order chi connectivity index (χ1) is 8.69. The molecule has 4 nitrogen and oxygen atoms in total. The number of hydrogen-bond donors (Lipinski definition) is 1. The van der Waals surface area contributed by atoms with E-state index in [2.05, 4.69) is 0 Å². The molecular weight excluding hydrogens is 269 g/mol. The van der Waals surface area contributed by atoms with Crippen LogP contribution < -0.4 is 5.73 Å². The summed E-state index contributed by atoms with van der Waals surface area (Å²) in [6.45, 7) is 1.72. The molecule has 1 atom stereocenters. The van der Waals surface area contributed by atoms with Crippen LogP contribution in [-0.2, 0) is 21.1 Å². The van der Waals surface area contributed by atoms with E-state index in [1.807, 2.05) is 0 Å². The number of carbonyl (C=O) groups is 1. The van der Waals surface area contributed by atoms with Crippen LogP contribution in [0.5, 0.6) is 0 Å². The lowest BCUT2D eigenvalue weighted by Crippen LogP contribution is -2.33. The fraction of sp³-hybridized carbons (Fsp3) is 0.462. The number of Topliss-reactive ketones (excluding diaryl/α,β-unsaturated/α-hetero) is 1. The third kappa shape index (κ3) is 5.48. The van der Waals surface area contributed by atoms with Crippen molar-refractivity contribution in [1.29, 1.82) is 0 Å². The molecule has 106 valence electrons. The second-order valence-corrected chi connectivity index (χ2v) is 7.00. The van der Waals surface area contributed by atoms with Gasteiger partial charge in [-0.1, -0.05) is 6.07 Å². The van der Waals surface area contributed by atoms with Crippen molar-refractivity contribution in [3.8, 4) is 0 Å². The van der Waals surface area contributed by atoms with Gasteiger partial charge in [-0.2, -0.15) is 0 Å². The van der Waals surface area contributed by atoms with Gasteiger partial charge in [-0.15, -0.1) is 0 Å². The zero-order valence-corrected chi connectivity index (χ0v) is 11.8. The van der Waals surface area contributed by atoms with Crippen molar-refractivity contribution in [2.45, 2.75) is 25.8 Å². The minimum atomic E-state index is -3.12. The van der Waals surface area contributed by atoms with E-state index in [0.717, 1.165) is 6.26 Å². The summed E-state index contributed by atoms with van der Waals surface area (Å²) in [5, 5.41) is 0. The van der Waals surface area contributed by atoms with Gasteiger partial charge in [0.1, 0.15) is 15.7 Å². The second kappa shape index (κ2) is 6.25. The first-order valence-electron chi connectivity index (χ1n) is 5.90. The summed E-state index contributed by atoms with van der Waals surface area (Å²) in [6.07, 6.45) is 1.31. The molecule has 1 aromatic carbocycles. The van der Waals surface area contributed by atoms with Crippen molar-refractivity contribution in [3.05, 3.63) is 35.1 Å². The number of hydrogen-bond acceptors (Lipinski definition) is 4. The summed E-state index contributed by atoms with van der Waals surface area (Å²) in [6, 6.07) is 3.38. The Kier molecular flexibility index (Phi) is 5.20. The number of benzene rings is 1. The molecule has 2 N–H and O–H groups in total. The Labute approximate surface area is 112 Å². The van der Waals surface area contributed by atoms with Crippen LogP contribution in [0.1, 0.15) is 17.5 Å². The molecular formula is C13H18FNO3S. The van der Waals surface area contributed by atoms with Crippen LogP contribution in [-0.4, -0.2) is 32.3 Å². The molecule has 0 bridgehead atoms. The summed E-state index contributed by atoms with van der Waals surface area (Å²) in [7, 11) is -3.12. The van der Waals surface area contributed by atoms with E-state index in [1.54, 1.807) is 13.0 Å². The van der Waals surface area contributed by atoms with Crippen LogP contribution in [0.3, 0.4) is 0 Å². The zero-order valence-electron chi connectivity index (χ0n) is 11.0. The summed E-state index contributed by atoms with van der Waals surface area (Å²) >= 11 is 0. The topological polar surface area (TPSA) is 77.2 Å². The fourth-order valence-corrected chi connectivity index (χ4v) is 2.36. The Balaban J connectivity index is 2.64. The Bertz CT molecular complexity index is 569. The Morgan fingerprint density at radius 2 is 2.05 bits per heavy atom. The maximum atomic E-state index is 12.9. The predicted octanol–water partition coefficient (Wildman–Crippen LogP) is 1.01. The summed E-state index contributed by atoms with van der Waals surface area (Å²) in [5.41, 5.74) is 7.06. The molecule has 0 heterocycles. The Morgan fingerprint density at radius 3 is 2.58 bits per heavy atom. The second-order valence-electron chi connectivity index (χ2n) is 4.74. The Morgan fingerprint density at radius 1 is 1.42 bits per heavy atom. The molecule has 1 unspecified atom stereocenters. The van der Waals surface area contributed by atoms with E-state index < -0.39 is 15.9 Å². The van der Waals surface area contributed by atoms with Crippen molar-refractivity contribution < 1.29 is 17.6 Å². The molecule has 0 radical (unpaired) electrons. The van der Waals surface area contributed by atoms with Gasteiger partial charge in [0.15, 0.2) is 5.78 Å². The van der Waals surface area contributed by atoms with E-state index in [-0.39, 0.29) is 30.2 Å². The average molecular weight is 287 g/mol. The fourth-order valence-electron chi connectivity index (χ4n) is 1.68. The SMILES string of the molecule is Cc1cc(F)ccc1CC(=O)C(N)CCS(C)(=O)=O. The number of sulfone groups is 1. The standard InChI is InChI=1S/C13H18FNO3S/c1-9-7-11(14)4-3-10(9)8-13(16)12(15)5-6-19(2,17)18/h3-4,7,12H,5-6,8,15H2,1-2H3. The van der Waals surface area contributed by atoms with Crippen molar-refractivity contribution in [2.24, 2.45) is 5.73 Å². The minimum absolute atomic E-state index is 0.0943. The summed E-state index contributed by atoms with van der Waals surface area (Å²) in [4.78, 5) is 11.9. The molecule has 0 aliphatic rings. The predicted molar refractivity (Wildman–Crippen MR) is 72.2 cm³/mol. The van der Waals surface area contributed by atoms with Gasteiger partial charge < -0.3 is 5.73 Å². The molecule has 19 heavy (non-hydrogen) atoms. The normalized spacial score (nSPS) is 13.3. The number of carbonyl (C=O) groups excluding carboxylic acids is 1. The lowest BCUT2D eigenvalue weighted by Gasteiger charge is -2.11. The van der Waals surface area contributed by atoms with E-state index in [1.165, 1.54) is 12.1 Å². The van der Waals surface area contributed by atoms with E-state index in [4.69, 9.17) is 5.73 Å². The third-order valence-electron chi connectivity index (χ3n) is 2.88. The van der Waals surface area contributed by atoms with Gasteiger partial charge in [-0.05, 0) is 36.6 Å². The lowest BCUT2D eigenvalue weighted by atomic mass is 9.99. The summed E-state index contributed by atoms with van der Waals surface area (Å²) < 4.78 is 34.9. The molecule has 0 saturated carbocycles. The van der Waals surface area contributed by atoms with Crippen LogP contribution in [0.25, 0.3) is 0 Å². The van der Waals surface area contributed by atoms with Gasteiger partial charge in [0.25, 0.3) is 0 Å². The first kappa shape index (κ1) is 15.8. The van der Waals surface area contributed by atoms with E-state index in [9.17, 15) is 17.6 Å². The highest BCUT2D eigenvalue weighted by molar-refractivity contribution is 7.90. The number of rotatable bonds is 6. The van der Waals surface area contributed by atoms with Crippen molar-refractivity contribution in [3.63, 3.8) is 0 Å². The summed E-state index contributed by atoms with van der Waals surface area (Å²) in [5.74, 6) is -0.698. The van der Waals surface area contributed by atoms with Crippen LogP contribution in [0.2, 0.25) is 0 Å². The van der Waals surface area contributed by atoms with Crippen molar-refractivity contribution >= 4 is 15.6 Å².